The second-order valence-corrected chi connectivity index (χ2v) is 7.99. The van der Waals surface area contributed by atoms with Crippen molar-refractivity contribution in [2.45, 2.75) is 33.4 Å². The first kappa shape index (κ1) is 22.7. The normalized spacial score (nSPS) is 14.5. The number of carbonyl (C=O) groups is 2. The molecule has 1 amide bonds. The number of piperazine rings is 1. The molecule has 2 heterocycles. The highest BCUT2D eigenvalue weighted by atomic mass is 16.5. The first-order valence-corrected chi connectivity index (χ1v) is 10.9. The molecule has 0 bridgehead atoms. The molecular formula is C24H32N4O3. The van der Waals surface area contributed by atoms with E-state index in [4.69, 9.17) is 4.74 Å². The fraction of sp³-hybridized carbons (Fsp3) is 0.458. The smallest absolute Gasteiger partial charge is 0.339 e. The van der Waals surface area contributed by atoms with Crippen molar-refractivity contribution in [2.24, 2.45) is 0 Å². The van der Waals surface area contributed by atoms with Gasteiger partial charge in [-0.1, -0.05) is 30.3 Å². The number of pyridine rings is 1. The molecule has 0 saturated carbocycles. The van der Waals surface area contributed by atoms with Crippen LogP contribution in [0.25, 0.3) is 0 Å². The largest absolute Gasteiger partial charge is 0.462 e. The summed E-state index contributed by atoms with van der Waals surface area (Å²) >= 11 is 0. The predicted octanol–water partition coefficient (Wildman–Crippen LogP) is 2.82. The molecule has 1 aromatic carbocycles. The Bertz CT molecular complexity index is 847. The van der Waals surface area contributed by atoms with Crippen LogP contribution in [0.4, 0.5) is 5.82 Å². The quantitative estimate of drug-likeness (QED) is 0.607. The molecule has 166 valence electrons. The van der Waals surface area contributed by atoms with Gasteiger partial charge >= 0.3 is 5.97 Å². The lowest BCUT2D eigenvalue weighted by atomic mass is 10.2. The zero-order valence-electron chi connectivity index (χ0n) is 18.7. The Kier molecular flexibility index (Phi) is 8.00. The van der Waals surface area contributed by atoms with E-state index in [-0.39, 0.29) is 17.9 Å². The number of carbonyl (C=O) groups excluding carboxylic acids is 2. The second-order valence-electron chi connectivity index (χ2n) is 7.99. The van der Waals surface area contributed by atoms with E-state index < -0.39 is 0 Å². The maximum Gasteiger partial charge on any atom is 0.339 e. The lowest BCUT2D eigenvalue weighted by Gasteiger charge is -2.36. The number of hydrogen-bond acceptors (Lipinski definition) is 6. The van der Waals surface area contributed by atoms with Crippen LogP contribution < -0.4 is 4.90 Å². The van der Waals surface area contributed by atoms with E-state index in [1.165, 1.54) is 0 Å². The van der Waals surface area contributed by atoms with Crippen LogP contribution in [0.15, 0.2) is 48.7 Å². The van der Waals surface area contributed by atoms with Gasteiger partial charge in [0.1, 0.15) is 5.82 Å². The van der Waals surface area contributed by atoms with Gasteiger partial charge < -0.3 is 14.5 Å². The summed E-state index contributed by atoms with van der Waals surface area (Å²) in [5.74, 6) is 0.645. The number of benzene rings is 1. The summed E-state index contributed by atoms with van der Waals surface area (Å²) in [5.41, 5.74) is 1.61. The van der Waals surface area contributed by atoms with Gasteiger partial charge in [-0.05, 0) is 38.5 Å². The molecule has 7 heteroatoms. The van der Waals surface area contributed by atoms with Gasteiger partial charge in [-0.25, -0.2) is 9.78 Å². The van der Waals surface area contributed by atoms with Crippen molar-refractivity contribution in [2.75, 3.05) is 44.2 Å². The molecule has 7 nitrogen and oxygen atoms in total. The van der Waals surface area contributed by atoms with Crippen LogP contribution >= 0.6 is 0 Å². The van der Waals surface area contributed by atoms with Crippen molar-refractivity contribution >= 4 is 17.7 Å². The molecule has 0 radical (unpaired) electrons. The van der Waals surface area contributed by atoms with Crippen molar-refractivity contribution < 1.29 is 14.3 Å². The minimum absolute atomic E-state index is 0.149. The number of hydrogen-bond donors (Lipinski definition) is 0. The minimum atomic E-state index is -0.352. The van der Waals surface area contributed by atoms with Crippen LogP contribution in [0, 0.1) is 0 Å². The zero-order valence-corrected chi connectivity index (χ0v) is 18.7. The molecule has 1 aliphatic rings. The van der Waals surface area contributed by atoms with Crippen LogP contribution in [-0.2, 0) is 16.1 Å². The topological polar surface area (TPSA) is 66.0 Å². The third-order valence-corrected chi connectivity index (χ3v) is 5.45. The number of amides is 1. The monoisotopic (exact) mass is 424 g/mol. The van der Waals surface area contributed by atoms with E-state index in [1.54, 1.807) is 19.2 Å². The molecule has 0 aliphatic carbocycles. The summed E-state index contributed by atoms with van der Waals surface area (Å²) < 4.78 is 5.00. The van der Waals surface area contributed by atoms with Crippen molar-refractivity contribution in [3.8, 4) is 0 Å². The average Bonchev–Trinajstić information content (AvgIpc) is 2.78. The lowest BCUT2D eigenvalue weighted by Crippen LogP contribution is -2.51. The molecule has 2 aromatic rings. The van der Waals surface area contributed by atoms with Gasteiger partial charge in [0.15, 0.2) is 0 Å². The molecule has 0 N–H and O–H groups in total. The van der Waals surface area contributed by atoms with E-state index in [0.717, 1.165) is 37.6 Å². The van der Waals surface area contributed by atoms with Gasteiger partial charge in [-0.15, -0.1) is 0 Å². The number of nitrogens with zero attached hydrogens (tertiary/aromatic N) is 4. The standard InChI is InChI=1S/C24H32N4O3/c1-4-31-24(30)21-10-11-22(25-16-21)27-14-12-26(13-15-27)18-23(29)28(19(2)3)17-20-8-6-5-7-9-20/h5-11,16,19H,4,12-15,17-18H2,1-3H3. The summed E-state index contributed by atoms with van der Waals surface area (Å²) in [6, 6.07) is 13.9. The average molecular weight is 425 g/mol. The van der Waals surface area contributed by atoms with Crippen LogP contribution in [0.1, 0.15) is 36.7 Å². The number of rotatable bonds is 8. The molecular weight excluding hydrogens is 392 g/mol. The van der Waals surface area contributed by atoms with Crippen LogP contribution in [-0.4, -0.2) is 72.0 Å². The van der Waals surface area contributed by atoms with Crippen molar-refractivity contribution in [1.29, 1.82) is 0 Å². The minimum Gasteiger partial charge on any atom is -0.462 e. The van der Waals surface area contributed by atoms with E-state index >= 15 is 0 Å². The number of ether oxygens (including phenoxy) is 1. The summed E-state index contributed by atoms with van der Waals surface area (Å²) in [4.78, 5) is 35.5. The van der Waals surface area contributed by atoms with E-state index in [1.807, 2.05) is 29.2 Å². The fourth-order valence-electron chi connectivity index (χ4n) is 3.66. The highest BCUT2D eigenvalue weighted by Crippen LogP contribution is 2.15. The van der Waals surface area contributed by atoms with E-state index in [2.05, 4.69) is 40.8 Å². The van der Waals surface area contributed by atoms with E-state index in [9.17, 15) is 9.59 Å². The molecule has 0 spiro atoms. The van der Waals surface area contributed by atoms with Gasteiger partial charge in [0.25, 0.3) is 0 Å². The van der Waals surface area contributed by atoms with Crippen LogP contribution in [0.2, 0.25) is 0 Å². The molecule has 3 rings (SSSR count). The van der Waals surface area contributed by atoms with E-state index in [0.29, 0.717) is 25.3 Å². The summed E-state index contributed by atoms with van der Waals surface area (Å²) in [7, 11) is 0. The van der Waals surface area contributed by atoms with Crippen LogP contribution in [0.3, 0.4) is 0 Å². The molecule has 1 saturated heterocycles. The third-order valence-electron chi connectivity index (χ3n) is 5.45. The van der Waals surface area contributed by atoms with Gasteiger partial charge in [-0.3, -0.25) is 9.69 Å². The van der Waals surface area contributed by atoms with Crippen LogP contribution in [0.5, 0.6) is 0 Å². The van der Waals surface area contributed by atoms with Gasteiger partial charge in [-0.2, -0.15) is 0 Å². The van der Waals surface area contributed by atoms with Crippen molar-refractivity contribution in [3.63, 3.8) is 0 Å². The Balaban J connectivity index is 1.52. The lowest BCUT2D eigenvalue weighted by molar-refractivity contribution is -0.134. The van der Waals surface area contributed by atoms with Crippen molar-refractivity contribution in [3.05, 3.63) is 59.8 Å². The SMILES string of the molecule is CCOC(=O)c1ccc(N2CCN(CC(=O)N(Cc3ccccc3)C(C)C)CC2)nc1. The Morgan fingerprint density at radius 1 is 1.06 bits per heavy atom. The second kappa shape index (κ2) is 10.9. The summed E-state index contributed by atoms with van der Waals surface area (Å²) in [6.07, 6.45) is 1.56. The Morgan fingerprint density at radius 2 is 1.77 bits per heavy atom. The molecule has 1 aliphatic heterocycles. The predicted molar refractivity (Wildman–Crippen MR) is 121 cm³/mol. The zero-order chi connectivity index (χ0) is 22.2. The van der Waals surface area contributed by atoms with Gasteiger partial charge in [0, 0.05) is 45.0 Å². The Hall–Kier alpha value is -2.93. The number of esters is 1. The third kappa shape index (κ3) is 6.28. The molecule has 31 heavy (non-hydrogen) atoms. The number of anilines is 1. The molecule has 0 unspecified atom stereocenters. The molecule has 1 aromatic heterocycles. The Labute approximate surface area is 184 Å². The number of aromatic nitrogens is 1. The molecule has 0 atom stereocenters. The highest BCUT2D eigenvalue weighted by molar-refractivity contribution is 5.89. The van der Waals surface area contributed by atoms with Gasteiger partial charge in [0.05, 0.1) is 18.7 Å². The Morgan fingerprint density at radius 3 is 2.35 bits per heavy atom. The summed E-state index contributed by atoms with van der Waals surface area (Å²) in [6.45, 7) is 10.5. The molecule has 1 fully saturated rings. The van der Waals surface area contributed by atoms with Gasteiger partial charge in [0.2, 0.25) is 5.91 Å². The maximum atomic E-state index is 13.0. The maximum absolute atomic E-state index is 13.0. The fourth-order valence-corrected chi connectivity index (χ4v) is 3.66. The van der Waals surface area contributed by atoms with Crippen molar-refractivity contribution in [1.82, 2.24) is 14.8 Å². The highest BCUT2D eigenvalue weighted by Gasteiger charge is 2.24. The summed E-state index contributed by atoms with van der Waals surface area (Å²) in [5, 5.41) is 0. The first-order chi connectivity index (χ1) is 15.0. The first-order valence-electron chi connectivity index (χ1n) is 10.9.